The molecule has 1 aliphatic rings. The predicted molar refractivity (Wildman–Crippen MR) is 55.8 cm³/mol. The molecule has 3 heteroatoms. The second-order valence-electron chi connectivity index (χ2n) is 3.64. The van der Waals surface area contributed by atoms with Gasteiger partial charge in [0.25, 0.3) is 0 Å². The minimum absolute atomic E-state index is 0.293. The number of ether oxygens (including phenoxy) is 2. The summed E-state index contributed by atoms with van der Waals surface area (Å²) in [4.78, 5) is 11.2. The van der Waals surface area contributed by atoms with Crippen molar-refractivity contribution in [2.45, 2.75) is 25.9 Å². The molecule has 0 bridgehead atoms. The third-order valence-electron chi connectivity index (χ3n) is 2.28. The molecule has 3 nitrogen and oxygen atoms in total. The Kier molecular flexibility index (Phi) is 3.02. The molecule has 0 aromatic heterocycles. The van der Waals surface area contributed by atoms with E-state index < -0.39 is 0 Å². The lowest BCUT2D eigenvalue weighted by molar-refractivity contribution is -0.135. The van der Waals surface area contributed by atoms with Gasteiger partial charge in [0.1, 0.15) is 5.75 Å². The van der Waals surface area contributed by atoms with Gasteiger partial charge in [0, 0.05) is 0 Å². The van der Waals surface area contributed by atoms with Crippen LogP contribution >= 0.6 is 0 Å². The molecule has 1 saturated heterocycles. The molecule has 0 radical (unpaired) electrons. The molecule has 2 rings (SSSR count). The second-order valence-corrected chi connectivity index (χ2v) is 3.64. The van der Waals surface area contributed by atoms with Gasteiger partial charge in [-0.3, -0.25) is 0 Å². The van der Waals surface area contributed by atoms with Gasteiger partial charge in [0.05, 0.1) is 6.61 Å². The maximum absolute atomic E-state index is 11.2. The van der Waals surface area contributed by atoms with Gasteiger partial charge in [0.15, 0.2) is 6.10 Å². The number of esters is 1. The van der Waals surface area contributed by atoms with E-state index in [0.717, 1.165) is 12.8 Å². The third kappa shape index (κ3) is 2.80. The lowest BCUT2D eigenvalue weighted by Crippen LogP contribution is -2.14. The van der Waals surface area contributed by atoms with Crippen molar-refractivity contribution in [1.29, 1.82) is 0 Å². The molecule has 1 aromatic carbocycles. The molecule has 0 amide bonds. The van der Waals surface area contributed by atoms with E-state index in [1.54, 1.807) is 0 Å². The molecule has 0 spiro atoms. The average molecular weight is 206 g/mol. The summed E-state index contributed by atoms with van der Waals surface area (Å²) in [6.45, 7) is 2.63. The van der Waals surface area contributed by atoms with Crippen molar-refractivity contribution < 1.29 is 14.3 Å². The lowest BCUT2D eigenvalue weighted by Gasteiger charge is -2.03. The van der Waals surface area contributed by atoms with Crippen LogP contribution in [0, 0.1) is 0 Å². The van der Waals surface area contributed by atoms with Crippen LogP contribution in [0.3, 0.4) is 0 Å². The van der Waals surface area contributed by atoms with Gasteiger partial charge >= 0.3 is 5.97 Å². The van der Waals surface area contributed by atoms with E-state index in [4.69, 9.17) is 9.47 Å². The summed E-state index contributed by atoms with van der Waals surface area (Å²) < 4.78 is 9.94. The SMILES string of the molecule is CCCc1ccc(OC(=O)C2CO2)cc1. The zero-order valence-corrected chi connectivity index (χ0v) is 8.73. The van der Waals surface area contributed by atoms with Crippen molar-refractivity contribution in [3.8, 4) is 5.75 Å². The summed E-state index contributed by atoms with van der Waals surface area (Å²) in [6, 6.07) is 7.62. The zero-order valence-electron chi connectivity index (χ0n) is 8.73. The van der Waals surface area contributed by atoms with E-state index >= 15 is 0 Å². The van der Waals surface area contributed by atoms with Gasteiger partial charge in [0.2, 0.25) is 0 Å². The van der Waals surface area contributed by atoms with Crippen LogP contribution in [0.5, 0.6) is 5.75 Å². The van der Waals surface area contributed by atoms with E-state index in [9.17, 15) is 4.79 Å². The molecule has 1 heterocycles. The topological polar surface area (TPSA) is 38.8 Å². The molecule has 80 valence electrons. The minimum atomic E-state index is -0.333. The smallest absolute Gasteiger partial charge is 0.343 e. The number of aryl methyl sites for hydroxylation is 1. The van der Waals surface area contributed by atoms with Crippen LogP contribution in [0.1, 0.15) is 18.9 Å². The fraction of sp³-hybridized carbons (Fsp3) is 0.417. The van der Waals surface area contributed by atoms with E-state index in [2.05, 4.69) is 6.92 Å². The van der Waals surface area contributed by atoms with Gasteiger partial charge in [-0.2, -0.15) is 0 Å². The first-order chi connectivity index (χ1) is 7.29. The second kappa shape index (κ2) is 4.45. The highest BCUT2D eigenvalue weighted by Crippen LogP contribution is 2.17. The zero-order chi connectivity index (χ0) is 10.7. The molecule has 0 N–H and O–H groups in total. The van der Waals surface area contributed by atoms with Crippen molar-refractivity contribution in [1.82, 2.24) is 0 Å². The van der Waals surface area contributed by atoms with Crippen molar-refractivity contribution >= 4 is 5.97 Å². The quantitative estimate of drug-likeness (QED) is 0.429. The van der Waals surface area contributed by atoms with Gasteiger partial charge in [-0.05, 0) is 24.1 Å². The highest BCUT2D eigenvalue weighted by atomic mass is 16.6. The van der Waals surface area contributed by atoms with E-state index in [1.807, 2.05) is 24.3 Å². The Morgan fingerprint density at radius 1 is 1.47 bits per heavy atom. The van der Waals surface area contributed by atoms with Crippen molar-refractivity contribution in [2.75, 3.05) is 6.61 Å². The van der Waals surface area contributed by atoms with Crippen LogP contribution in [-0.2, 0) is 16.0 Å². The predicted octanol–water partition coefficient (Wildman–Crippen LogP) is 1.94. The molecule has 1 unspecified atom stereocenters. The van der Waals surface area contributed by atoms with Crippen LogP contribution in [-0.4, -0.2) is 18.7 Å². The van der Waals surface area contributed by atoms with Gasteiger partial charge in [-0.1, -0.05) is 25.5 Å². The molecule has 1 aliphatic heterocycles. The summed E-state index contributed by atoms with van der Waals surface area (Å²) in [5.41, 5.74) is 1.26. The Morgan fingerprint density at radius 3 is 2.67 bits per heavy atom. The van der Waals surface area contributed by atoms with Gasteiger partial charge in [-0.15, -0.1) is 0 Å². The van der Waals surface area contributed by atoms with Crippen LogP contribution in [0.2, 0.25) is 0 Å². The molecular formula is C12H14O3. The number of hydrogen-bond donors (Lipinski definition) is 0. The third-order valence-corrected chi connectivity index (χ3v) is 2.28. The Bertz CT molecular complexity index is 338. The number of rotatable bonds is 4. The van der Waals surface area contributed by atoms with Crippen molar-refractivity contribution in [3.05, 3.63) is 29.8 Å². The summed E-state index contributed by atoms with van der Waals surface area (Å²) in [5.74, 6) is 0.300. The fourth-order valence-corrected chi connectivity index (χ4v) is 1.38. The molecule has 0 saturated carbocycles. The lowest BCUT2D eigenvalue weighted by atomic mass is 10.1. The largest absolute Gasteiger partial charge is 0.425 e. The highest BCUT2D eigenvalue weighted by Gasteiger charge is 2.33. The number of epoxide rings is 1. The standard InChI is InChI=1S/C12H14O3/c1-2-3-9-4-6-10(7-5-9)15-12(13)11-8-14-11/h4-7,11H,2-3,8H2,1H3. The summed E-state index contributed by atoms with van der Waals surface area (Å²) in [5, 5.41) is 0. The Labute approximate surface area is 89.0 Å². The maximum Gasteiger partial charge on any atom is 0.343 e. The van der Waals surface area contributed by atoms with Gasteiger partial charge < -0.3 is 9.47 Å². The number of benzene rings is 1. The molecule has 1 aromatic rings. The van der Waals surface area contributed by atoms with Crippen molar-refractivity contribution in [3.63, 3.8) is 0 Å². The molecule has 0 aliphatic carbocycles. The average Bonchev–Trinajstić information content (AvgIpc) is 3.04. The first-order valence-electron chi connectivity index (χ1n) is 5.22. The fourth-order valence-electron chi connectivity index (χ4n) is 1.38. The molecule has 15 heavy (non-hydrogen) atoms. The summed E-state index contributed by atoms with van der Waals surface area (Å²) >= 11 is 0. The van der Waals surface area contributed by atoms with Crippen LogP contribution in [0.15, 0.2) is 24.3 Å². The van der Waals surface area contributed by atoms with Crippen molar-refractivity contribution in [2.24, 2.45) is 0 Å². The summed E-state index contributed by atoms with van der Waals surface area (Å²) in [6.07, 6.45) is 1.84. The van der Waals surface area contributed by atoms with E-state index in [1.165, 1.54) is 5.56 Å². The van der Waals surface area contributed by atoms with Crippen LogP contribution < -0.4 is 4.74 Å². The minimum Gasteiger partial charge on any atom is -0.425 e. The molecule has 1 atom stereocenters. The van der Waals surface area contributed by atoms with E-state index in [0.29, 0.717) is 12.4 Å². The monoisotopic (exact) mass is 206 g/mol. The Hall–Kier alpha value is -1.35. The first kappa shape index (κ1) is 10.2. The van der Waals surface area contributed by atoms with E-state index in [-0.39, 0.29) is 12.1 Å². The Morgan fingerprint density at radius 2 is 2.13 bits per heavy atom. The molecular weight excluding hydrogens is 192 g/mol. The summed E-state index contributed by atoms with van der Waals surface area (Å²) in [7, 11) is 0. The first-order valence-corrected chi connectivity index (χ1v) is 5.22. The highest BCUT2D eigenvalue weighted by molar-refractivity contribution is 5.79. The molecule has 1 fully saturated rings. The Balaban J connectivity index is 1.94. The number of carbonyl (C=O) groups is 1. The van der Waals surface area contributed by atoms with Gasteiger partial charge in [-0.25, -0.2) is 4.79 Å². The maximum atomic E-state index is 11.2. The number of hydrogen-bond acceptors (Lipinski definition) is 3. The van der Waals surface area contributed by atoms with Crippen LogP contribution in [0.4, 0.5) is 0 Å². The number of carbonyl (C=O) groups excluding carboxylic acids is 1. The van der Waals surface area contributed by atoms with Crippen LogP contribution in [0.25, 0.3) is 0 Å². The normalized spacial score (nSPS) is 18.6.